The SMILES string of the molecule is COCC1CCCN(CCCCC(C)O)C1. The first-order valence-electron chi connectivity index (χ1n) is 6.61. The van der Waals surface area contributed by atoms with Crippen molar-refractivity contribution < 1.29 is 9.84 Å². The van der Waals surface area contributed by atoms with Gasteiger partial charge < -0.3 is 14.7 Å². The molecule has 0 aromatic heterocycles. The highest BCUT2D eigenvalue weighted by molar-refractivity contribution is 4.72. The van der Waals surface area contributed by atoms with Crippen molar-refractivity contribution in [2.75, 3.05) is 33.4 Å². The second-order valence-corrected chi connectivity index (χ2v) is 5.11. The van der Waals surface area contributed by atoms with Crippen molar-refractivity contribution in [2.24, 2.45) is 5.92 Å². The smallest absolute Gasteiger partial charge is 0.0512 e. The standard InChI is InChI=1S/C13H27NO2/c1-12(15)6-3-4-8-14-9-5-7-13(10-14)11-16-2/h12-13,15H,3-11H2,1-2H3. The fraction of sp³-hybridized carbons (Fsp3) is 1.00. The first kappa shape index (κ1) is 13.9. The van der Waals surface area contributed by atoms with Crippen LogP contribution in [0.25, 0.3) is 0 Å². The van der Waals surface area contributed by atoms with Gasteiger partial charge in [-0.05, 0) is 58.0 Å². The number of unbranched alkanes of at least 4 members (excludes halogenated alkanes) is 1. The Balaban J connectivity index is 2.07. The van der Waals surface area contributed by atoms with Gasteiger partial charge in [-0.2, -0.15) is 0 Å². The molecule has 2 unspecified atom stereocenters. The first-order valence-corrected chi connectivity index (χ1v) is 6.61. The Kier molecular flexibility index (Phi) is 7.01. The van der Waals surface area contributed by atoms with Gasteiger partial charge in [-0.25, -0.2) is 0 Å². The second kappa shape index (κ2) is 8.04. The lowest BCUT2D eigenvalue weighted by Crippen LogP contribution is -2.37. The summed E-state index contributed by atoms with van der Waals surface area (Å²) in [6.07, 6.45) is 5.79. The molecule has 0 saturated carbocycles. The van der Waals surface area contributed by atoms with Crippen LogP contribution in [0.4, 0.5) is 0 Å². The molecule has 0 radical (unpaired) electrons. The number of nitrogens with zero attached hydrogens (tertiary/aromatic N) is 1. The van der Waals surface area contributed by atoms with Crippen LogP contribution < -0.4 is 0 Å². The van der Waals surface area contributed by atoms with Gasteiger partial charge in [0.2, 0.25) is 0 Å². The molecule has 0 aliphatic carbocycles. The van der Waals surface area contributed by atoms with E-state index in [4.69, 9.17) is 4.74 Å². The predicted octanol–water partition coefficient (Wildman–Crippen LogP) is 1.90. The monoisotopic (exact) mass is 229 g/mol. The third kappa shape index (κ3) is 5.83. The van der Waals surface area contributed by atoms with Gasteiger partial charge in [-0.1, -0.05) is 0 Å². The summed E-state index contributed by atoms with van der Waals surface area (Å²) in [6.45, 7) is 6.41. The van der Waals surface area contributed by atoms with Crippen molar-refractivity contribution in [1.29, 1.82) is 0 Å². The molecular formula is C13H27NO2. The molecule has 16 heavy (non-hydrogen) atoms. The Labute approximate surface area is 99.8 Å². The van der Waals surface area contributed by atoms with E-state index in [1.54, 1.807) is 7.11 Å². The van der Waals surface area contributed by atoms with Crippen LogP contribution in [0, 0.1) is 5.92 Å². The van der Waals surface area contributed by atoms with Crippen molar-refractivity contribution in [3.8, 4) is 0 Å². The average molecular weight is 229 g/mol. The molecule has 1 aliphatic heterocycles. The van der Waals surface area contributed by atoms with Crippen LogP contribution in [0.15, 0.2) is 0 Å². The topological polar surface area (TPSA) is 32.7 Å². The van der Waals surface area contributed by atoms with E-state index in [0.29, 0.717) is 0 Å². The molecule has 1 saturated heterocycles. The number of aliphatic hydroxyl groups is 1. The number of methoxy groups -OCH3 is 1. The molecule has 0 amide bonds. The van der Waals surface area contributed by atoms with Gasteiger partial charge >= 0.3 is 0 Å². The zero-order valence-corrected chi connectivity index (χ0v) is 10.8. The van der Waals surface area contributed by atoms with Gasteiger partial charge in [-0.3, -0.25) is 0 Å². The summed E-state index contributed by atoms with van der Waals surface area (Å²) in [5.41, 5.74) is 0. The van der Waals surface area contributed by atoms with Gasteiger partial charge in [0.15, 0.2) is 0 Å². The Hall–Kier alpha value is -0.120. The van der Waals surface area contributed by atoms with Crippen LogP contribution in [0.2, 0.25) is 0 Å². The molecule has 3 heteroatoms. The zero-order chi connectivity index (χ0) is 11.8. The van der Waals surface area contributed by atoms with E-state index < -0.39 is 0 Å². The lowest BCUT2D eigenvalue weighted by molar-refractivity contribution is 0.0890. The van der Waals surface area contributed by atoms with Gasteiger partial charge in [0.05, 0.1) is 12.7 Å². The molecule has 0 aromatic rings. The molecule has 0 spiro atoms. The quantitative estimate of drug-likeness (QED) is 0.677. The molecule has 2 atom stereocenters. The second-order valence-electron chi connectivity index (χ2n) is 5.11. The van der Waals surface area contributed by atoms with Gasteiger partial charge in [-0.15, -0.1) is 0 Å². The average Bonchev–Trinajstić information content (AvgIpc) is 2.25. The Morgan fingerprint density at radius 1 is 1.44 bits per heavy atom. The molecule has 1 aliphatic rings. The Morgan fingerprint density at radius 2 is 2.25 bits per heavy atom. The predicted molar refractivity (Wildman–Crippen MR) is 66.6 cm³/mol. The lowest BCUT2D eigenvalue weighted by Gasteiger charge is -2.32. The van der Waals surface area contributed by atoms with Crippen LogP contribution in [0.3, 0.4) is 0 Å². The normalized spacial score (nSPS) is 24.6. The summed E-state index contributed by atoms with van der Waals surface area (Å²) < 4.78 is 5.23. The highest BCUT2D eigenvalue weighted by atomic mass is 16.5. The van der Waals surface area contributed by atoms with Crippen molar-refractivity contribution >= 4 is 0 Å². The van der Waals surface area contributed by atoms with Crippen LogP contribution in [-0.2, 0) is 4.74 Å². The summed E-state index contributed by atoms with van der Waals surface area (Å²) in [4.78, 5) is 2.55. The van der Waals surface area contributed by atoms with Crippen LogP contribution in [-0.4, -0.2) is 49.5 Å². The summed E-state index contributed by atoms with van der Waals surface area (Å²) in [6, 6.07) is 0. The summed E-state index contributed by atoms with van der Waals surface area (Å²) in [5.74, 6) is 0.732. The largest absolute Gasteiger partial charge is 0.393 e. The zero-order valence-electron chi connectivity index (χ0n) is 10.8. The number of aliphatic hydroxyl groups excluding tert-OH is 1. The molecule has 1 rings (SSSR count). The number of likely N-dealkylation sites (tertiary alicyclic amines) is 1. The molecule has 0 bridgehead atoms. The van der Waals surface area contributed by atoms with Gasteiger partial charge in [0.1, 0.15) is 0 Å². The number of ether oxygens (including phenoxy) is 1. The molecule has 1 heterocycles. The third-order valence-electron chi connectivity index (χ3n) is 3.35. The minimum atomic E-state index is -0.136. The molecule has 1 N–H and O–H groups in total. The van der Waals surface area contributed by atoms with E-state index >= 15 is 0 Å². The fourth-order valence-corrected chi connectivity index (χ4v) is 2.50. The van der Waals surface area contributed by atoms with E-state index in [2.05, 4.69) is 4.90 Å². The summed E-state index contributed by atoms with van der Waals surface area (Å²) >= 11 is 0. The molecular weight excluding hydrogens is 202 g/mol. The first-order chi connectivity index (χ1) is 7.72. The molecule has 3 nitrogen and oxygen atoms in total. The Bertz CT molecular complexity index is 171. The number of piperidine rings is 1. The van der Waals surface area contributed by atoms with Gasteiger partial charge in [0.25, 0.3) is 0 Å². The molecule has 1 fully saturated rings. The highest BCUT2D eigenvalue weighted by Gasteiger charge is 2.18. The van der Waals surface area contributed by atoms with Gasteiger partial charge in [0, 0.05) is 13.7 Å². The Morgan fingerprint density at radius 3 is 2.94 bits per heavy atom. The number of hydrogen-bond donors (Lipinski definition) is 1. The van der Waals surface area contributed by atoms with Crippen LogP contribution in [0.1, 0.15) is 39.0 Å². The minimum absolute atomic E-state index is 0.136. The summed E-state index contributed by atoms with van der Waals surface area (Å²) in [5, 5.41) is 9.17. The van der Waals surface area contributed by atoms with E-state index in [-0.39, 0.29) is 6.10 Å². The van der Waals surface area contributed by atoms with E-state index in [1.165, 1.54) is 38.9 Å². The maximum atomic E-state index is 9.17. The maximum Gasteiger partial charge on any atom is 0.0512 e. The number of hydrogen-bond acceptors (Lipinski definition) is 3. The summed E-state index contributed by atoms with van der Waals surface area (Å²) in [7, 11) is 1.79. The third-order valence-corrected chi connectivity index (χ3v) is 3.35. The van der Waals surface area contributed by atoms with Crippen molar-refractivity contribution in [1.82, 2.24) is 4.90 Å². The fourth-order valence-electron chi connectivity index (χ4n) is 2.50. The number of rotatable bonds is 7. The van der Waals surface area contributed by atoms with Crippen molar-refractivity contribution in [3.05, 3.63) is 0 Å². The van der Waals surface area contributed by atoms with Crippen LogP contribution in [0.5, 0.6) is 0 Å². The molecule has 0 aromatic carbocycles. The lowest BCUT2D eigenvalue weighted by atomic mass is 9.98. The van der Waals surface area contributed by atoms with Crippen molar-refractivity contribution in [2.45, 2.75) is 45.1 Å². The molecule has 96 valence electrons. The van der Waals surface area contributed by atoms with E-state index in [0.717, 1.165) is 25.4 Å². The maximum absolute atomic E-state index is 9.17. The van der Waals surface area contributed by atoms with E-state index in [1.807, 2.05) is 6.92 Å². The minimum Gasteiger partial charge on any atom is -0.393 e. The van der Waals surface area contributed by atoms with Crippen LogP contribution >= 0.6 is 0 Å². The highest BCUT2D eigenvalue weighted by Crippen LogP contribution is 2.17. The van der Waals surface area contributed by atoms with E-state index in [9.17, 15) is 5.11 Å². The van der Waals surface area contributed by atoms with Crippen molar-refractivity contribution in [3.63, 3.8) is 0 Å².